The van der Waals surface area contributed by atoms with E-state index in [1.54, 1.807) is 0 Å². The Balaban J connectivity index is 3.31. The van der Waals surface area contributed by atoms with Gasteiger partial charge in [0.05, 0.1) is 6.67 Å². The molecule has 0 radical (unpaired) electrons. The molecule has 0 aromatic heterocycles. The Morgan fingerprint density at radius 2 is 1.42 bits per heavy atom. The molecule has 0 aromatic carbocycles. The first-order valence-electron chi connectivity index (χ1n) is 7.09. The van der Waals surface area contributed by atoms with Crippen LogP contribution in [0.2, 0.25) is 0 Å². The monoisotopic (exact) mass is 282 g/mol. The number of halogens is 3. The Labute approximate surface area is 113 Å². The molecule has 0 aliphatic rings. The third-order valence-corrected chi connectivity index (χ3v) is 2.93. The average Bonchev–Trinajstić information content (AvgIpc) is 2.35. The van der Waals surface area contributed by atoms with Gasteiger partial charge in [-0.3, -0.25) is 9.18 Å². The van der Waals surface area contributed by atoms with E-state index in [4.69, 9.17) is 0 Å². The van der Waals surface area contributed by atoms with Gasteiger partial charge in [-0.25, -0.2) is 4.39 Å². The molecule has 0 aliphatic carbocycles. The molecule has 2 unspecified atom stereocenters. The largest absolute Gasteiger partial charge is 0.428 e. The highest BCUT2D eigenvalue weighted by molar-refractivity contribution is 5.66. The Morgan fingerprint density at radius 1 is 0.947 bits per heavy atom. The first-order valence-corrected chi connectivity index (χ1v) is 7.09. The molecule has 19 heavy (non-hydrogen) atoms. The third kappa shape index (κ3) is 12.1. The quantitative estimate of drug-likeness (QED) is 0.384. The van der Waals surface area contributed by atoms with Gasteiger partial charge >= 0.3 is 5.97 Å². The SMILES string of the molecule is CC(=O)OC(F)C(F)CCCCCCCCCCF. The summed E-state index contributed by atoms with van der Waals surface area (Å²) in [6.45, 7) is 0.812. The van der Waals surface area contributed by atoms with Crippen molar-refractivity contribution in [2.45, 2.75) is 77.2 Å². The van der Waals surface area contributed by atoms with Crippen molar-refractivity contribution < 1.29 is 22.7 Å². The second-order valence-electron chi connectivity index (χ2n) is 4.78. The second kappa shape index (κ2) is 12.3. The zero-order valence-electron chi connectivity index (χ0n) is 11.7. The topological polar surface area (TPSA) is 26.3 Å². The van der Waals surface area contributed by atoms with Crippen LogP contribution in [-0.2, 0) is 9.53 Å². The number of ether oxygens (including phenoxy) is 1. The van der Waals surface area contributed by atoms with Crippen LogP contribution in [0.5, 0.6) is 0 Å². The highest BCUT2D eigenvalue weighted by Gasteiger charge is 2.22. The fraction of sp³-hybridized carbons (Fsp3) is 0.929. The summed E-state index contributed by atoms with van der Waals surface area (Å²) in [5.41, 5.74) is 0. The van der Waals surface area contributed by atoms with Gasteiger partial charge in [0.25, 0.3) is 6.36 Å². The molecule has 2 atom stereocenters. The molecule has 0 saturated carbocycles. The van der Waals surface area contributed by atoms with E-state index in [0.29, 0.717) is 12.8 Å². The molecule has 0 fully saturated rings. The Kier molecular flexibility index (Phi) is 11.8. The predicted octanol–water partition coefficient (Wildman–Crippen LogP) is 4.66. The summed E-state index contributed by atoms with van der Waals surface area (Å²) >= 11 is 0. The second-order valence-corrected chi connectivity index (χ2v) is 4.78. The van der Waals surface area contributed by atoms with Crippen LogP contribution in [0.25, 0.3) is 0 Å². The van der Waals surface area contributed by atoms with E-state index < -0.39 is 18.5 Å². The normalized spacial score (nSPS) is 14.1. The van der Waals surface area contributed by atoms with Crippen LogP contribution in [-0.4, -0.2) is 25.2 Å². The van der Waals surface area contributed by atoms with Crippen LogP contribution in [0.1, 0.15) is 64.7 Å². The van der Waals surface area contributed by atoms with Crippen molar-refractivity contribution in [3.05, 3.63) is 0 Å². The molecule has 2 nitrogen and oxygen atoms in total. The van der Waals surface area contributed by atoms with Gasteiger partial charge in [-0.15, -0.1) is 0 Å². The zero-order valence-corrected chi connectivity index (χ0v) is 11.7. The minimum absolute atomic E-state index is 0.0797. The van der Waals surface area contributed by atoms with E-state index in [2.05, 4.69) is 4.74 Å². The molecule has 0 aromatic rings. The maximum Gasteiger partial charge on any atom is 0.305 e. The summed E-state index contributed by atoms with van der Waals surface area (Å²) in [7, 11) is 0. The van der Waals surface area contributed by atoms with Crippen LogP contribution >= 0.6 is 0 Å². The van der Waals surface area contributed by atoms with Crippen LogP contribution < -0.4 is 0 Å². The Hall–Kier alpha value is -0.740. The van der Waals surface area contributed by atoms with Gasteiger partial charge in [0, 0.05) is 6.92 Å². The lowest BCUT2D eigenvalue weighted by molar-refractivity contribution is -0.162. The van der Waals surface area contributed by atoms with Gasteiger partial charge in [-0.2, -0.15) is 4.39 Å². The molecular formula is C14H25F3O2. The minimum atomic E-state index is -2.14. The lowest BCUT2D eigenvalue weighted by atomic mass is 10.1. The van der Waals surface area contributed by atoms with E-state index in [1.165, 1.54) is 0 Å². The van der Waals surface area contributed by atoms with Crippen LogP contribution in [0.4, 0.5) is 13.2 Å². The van der Waals surface area contributed by atoms with Crippen molar-refractivity contribution in [2.75, 3.05) is 6.67 Å². The molecule has 0 amide bonds. The molecule has 0 rings (SSSR count). The van der Waals surface area contributed by atoms with E-state index in [0.717, 1.165) is 45.4 Å². The van der Waals surface area contributed by atoms with Crippen molar-refractivity contribution in [3.8, 4) is 0 Å². The summed E-state index contributed by atoms with van der Waals surface area (Å²) in [4.78, 5) is 10.4. The fourth-order valence-corrected chi connectivity index (χ4v) is 1.86. The molecule has 0 spiro atoms. The van der Waals surface area contributed by atoms with Gasteiger partial charge in [-0.05, 0) is 12.8 Å². The zero-order chi connectivity index (χ0) is 14.5. The van der Waals surface area contributed by atoms with Crippen molar-refractivity contribution >= 4 is 5.97 Å². The molecular weight excluding hydrogens is 257 g/mol. The lowest BCUT2D eigenvalue weighted by Gasteiger charge is -2.12. The summed E-state index contributed by atoms with van der Waals surface area (Å²) in [6.07, 6.45) is 3.34. The number of hydrogen-bond acceptors (Lipinski definition) is 2. The van der Waals surface area contributed by atoms with Gasteiger partial charge < -0.3 is 4.74 Å². The van der Waals surface area contributed by atoms with Crippen molar-refractivity contribution in [3.63, 3.8) is 0 Å². The standard InChI is InChI=1S/C14H25F3O2/c1-12(18)19-14(17)13(16)10-8-6-4-2-3-5-7-9-11-15/h13-14H,2-11H2,1H3. The smallest absolute Gasteiger partial charge is 0.305 e. The van der Waals surface area contributed by atoms with Gasteiger partial charge in [0.15, 0.2) is 6.17 Å². The maximum absolute atomic E-state index is 13.2. The average molecular weight is 282 g/mol. The van der Waals surface area contributed by atoms with E-state index in [1.807, 2.05) is 0 Å². The van der Waals surface area contributed by atoms with Gasteiger partial charge in [-0.1, -0.05) is 44.9 Å². The number of rotatable bonds is 12. The lowest BCUT2D eigenvalue weighted by Crippen LogP contribution is -2.22. The van der Waals surface area contributed by atoms with E-state index >= 15 is 0 Å². The molecule has 0 heterocycles. The predicted molar refractivity (Wildman–Crippen MR) is 69.1 cm³/mol. The van der Waals surface area contributed by atoms with Gasteiger partial charge in [0.1, 0.15) is 0 Å². The number of carbonyl (C=O) groups is 1. The first-order chi connectivity index (χ1) is 9.07. The molecule has 5 heteroatoms. The van der Waals surface area contributed by atoms with Crippen molar-refractivity contribution in [1.29, 1.82) is 0 Å². The van der Waals surface area contributed by atoms with Gasteiger partial charge in [0.2, 0.25) is 0 Å². The summed E-state index contributed by atoms with van der Waals surface area (Å²) in [5, 5.41) is 0. The summed E-state index contributed by atoms with van der Waals surface area (Å²) in [5.74, 6) is -0.802. The molecule has 114 valence electrons. The van der Waals surface area contributed by atoms with Crippen molar-refractivity contribution in [2.24, 2.45) is 0 Å². The van der Waals surface area contributed by atoms with Crippen LogP contribution in [0.15, 0.2) is 0 Å². The molecule has 0 bridgehead atoms. The van der Waals surface area contributed by atoms with Crippen LogP contribution in [0.3, 0.4) is 0 Å². The fourth-order valence-electron chi connectivity index (χ4n) is 1.86. The first kappa shape index (κ1) is 18.3. The number of hydrogen-bond donors (Lipinski definition) is 0. The Morgan fingerprint density at radius 3 is 1.89 bits per heavy atom. The number of esters is 1. The molecule has 0 saturated heterocycles. The van der Waals surface area contributed by atoms with Crippen molar-refractivity contribution in [1.82, 2.24) is 0 Å². The highest BCUT2D eigenvalue weighted by Crippen LogP contribution is 2.16. The molecule has 0 aliphatic heterocycles. The number of alkyl halides is 3. The van der Waals surface area contributed by atoms with E-state index in [9.17, 15) is 18.0 Å². The highest BCUT2D eigenvalue weighted by atomic mass is 19.2. The Bertz CT molecular complexity index is 225. The number of carbonyl (C=O) groups excluding carboxylic acids is 1. The number of unbranched alkanes of at least 4 members (excludes halogenated alkanes) is 7. The minimum Gasteiger partial charge on any atom is -0.428 e. The third-order valence-electron chi connectivity index (χ3n) is 2.93. The maximum atomic E-state index is 13.2. The summed E-state index contributed by atoms with van der Waals surface area (Å²) < 4.78 is 42.1. The van der Waals surface area contributed by atoms with E-state index in [-0.39, 0.29) is 13.1 Å². The molecule has 0 N–H and O–H groups in total. The van der Waals surface area contributed by atoms with Crippen LogP contribution in [0, 0.1) is 0 Å². The summed E-state index contributed by atoms with van der Waals surface area (Å²) in [6, 6.07) is 0.